The van der Waals surface area contributed by atoms with E-state index in [-0.39, 0.29) is 24.6 Å². The topological polar surface area (TPSA) is 110 Å². The number of aliphatic carboxylic acids is 1. The summed E-state index contributed by atoms with van der Waals surface area (Å²) >= 11 is 0. The van der Waals surface area contributed by atoms with Gasteiger partial charge in [0.15, 0.2) is 0 Å². The highest BCUT2D eigenvalue weighted by Crippen LogP contribution is 2.39. The molecule has 2 aliphatic rings. The van der Waals surface area contributed by atoms with Crippen molar-refractivity contribution in [3.8, 4) is 0 Å². The van der Waals surface area contributed by atoms with Gasteiger partial charge >= 0.3 is 5.97 Å². The highest BCUT2D eigenvalue weighted by Gasteiger charge is 2.49. The van der Waals surface area contributed by atoms with Gasteiger partial charge in [0.1, 0.15) is 17.0 Å². The molecule has 0 radical (unpaired) electrons. The minimum Gasteiger partial charge on any atom is -0.508 e. The molecular formula is C22H18N2O5. The molecule has 3 N–H and O–H groups in total. The van der Waals surface area contributed by atoms with Crippen molar-refractivity contribution in [1.82, 2.24) is 4.90 Å². The second-order valence-electron chi connectivity index (χ2n) is 6.93. The number of aliphatic hydroxyl groups is 2. The second-order valence-corrected chi connectivity index (χ2v) is 6.93. The Bertz CT molecular complexity index is 1070. The van der Waals surface area contributed by atoms with Crippen LogP contribution < -0.4 is 0 Å². The molecule has 0 saturated carbocycles. The van der Waals surface area contributed by atoms with Crippen LogP contribution in [-0.2, 0) is 21.4 Å². The van der Waals surface area contributed by atoms with E-state index in [4.69, 9.17) is 5.11 Å². The predicted octanol–water partition coefficient (Wildman–Crippen LogP) is 2.70. The Morgan fingerprint density at radius 1 is 1.00 bits per heavy atom. The van der Waals surface area contributed by atoms with Crippen molar-refractivity contribution in [3.05, 3.63) is 95.1 Å². The standard InChI is InChI=1S/C22H18N2O5/c25-17-11-18-23-13-22(15-4-2-1-3-5-15,21(29)24(18)19(26)12-17)16-8-6-14(7-9-16)10-20(27)28/h1-9,11-12,25-26H,10,13H2,(H,27,28). The van der Waals surface area contributed by atoms with Crippen LogP contribution in [-0.4, -0.2) is 44.5 Å². The number of hydrogen-bond donors (Lipinski definition) is 3. The number of rotatable bonds is 4. The largest absolute Gasteiger partial charge is 0.508 e. The summed E-state index contributed by atoms with van der Waals surface area (Å²) in [5, 5.41) is 29.1. The maximum atomic E-state index is 13.7. The highest BCUT2D eigenvalue weighted by atomic mass is 16.4. The monoisotopic (exact) mass is 390 g/mol. The number of benzene rings is 2. The number of nitrogens with zero attached hydrogens (tertiary/aromatic N) is 2. The van der Waals surface area contributed by atoms with E-state index in [1.165, 1.54) is 6.08 Å². The van der Waals surface area contributed by atoms with Crippen molar-refractivity contribution in [1.29, 1.82) is 0 Å². The highest BCUT2D eigenvalue weighted by molar-refractivity contribution is 6.13. The first kappa shape index (κ1) is 18.5. The van der Waals surface area contributed by atoms with Gasteiger partial charge in [0, 0.05) is 12.2 Å². The molecule has 0 fully saturated rings. The number of amides is 1. The molecule has 1 unspecified atom stereocenters. The van der Waals surface area contributed by atoms with Crippen LogP contribution in [0, 0.1) is 0 Å². The normalized spacial score (nSPS) is 21.0. The number of carbonyl (C=O) groups is 2. The molecule has 2 aromatic rings. The number of carbonyl (C=O) groups excluding carboxylic acids is 1. The summed E-state index contributed by atoms with van der Waals surface area (Å²) in [6.07, 6.45) is 2.30. The van der Waals surface area contributed by atoms with E-state index in [9.17, 15) is 19.8 Å². The minimum atomic E-state index is -1.20. The van der Waals surface area contributed by atoms with Gasteiger partial charge in [-0.05, 0) is 16.7 Å². The fourth-order valence-electron chi connectivity index (χ4n) is 3.74. The molecule has 0 spiro atoms. The molecule has 4 rings (SSSR count). The van der Waals surface area contributed by atoms with E-state index in [0.717, 1.165) is 11.0 Å². The zero-order valence-electron chi connectivity index (χ0n) is 15.3. The van der Waals surface area contributed by atoms with Crippen molar-refractivity contribution in [2.45, 2.75) is 11.8 Å². The van der Waals surface area contributed by atoms with Crippen LogP contribution in [0.4, 0.5) is 0 Å². The number of hydrogen-bond acceptors (Lipinski definition) is 5. The molecule has 0 bridgehead atoms. The van der Waals surface area contributed by atoms with E-state index in [2.05, 4.69) is 4.99 Å². The van der Waals surface area contributed by atoms with Gasteiger partial charge < -0.3 is 15.3 Å². The third-order valence-electron chi connectivity index (χ3n) is 5.13. The molecule has 7 nitrogen and oxygen atoms in total. The first-order valence-electron chi connectivity index (χ1n) is 8.99. The Balaban J connectivity index is 1.87. The summed E-state index contributed by atoms with van der Waals surface area (Å²) in [5.41, 5.74) is 0.753. The van der Waals surface area contributed by atoms with Crippen LogP contribution in [0.15, 0.2) is 83.4 Å². The van der Waals surface area contributed by atoms with Crippen LogP contribution in [0.3, 0.4) is 0 Å². The van der Waals surface area contributed by atoms with Gasteiger partial charge in [-0.15, -0.1) is 0 Å². The van der Waals surface area contributed by atoms with Crippen LogP contribution in [0.5, 0.6) is 0 Å². The lowest BCUT2D eigenvalue weighted by Gasteiger charge is -2.40. The quantitative estimate of drug-likeness (QED) is 0.743. The van der Waals surface area contributed by atoms with Gasteiger partial charge in [-0.25, -0.2) is 4.90 Å². The van der Waals surface area contributed by atoms with Gasteiger partial charge in [0.05, 0.1) is 13.0 Å². The number of carboxylic acids is 1. The number of fused-ring (bicyclic) bond motifs is 1. The first-order chi connectivity index (χ1) is 13.9. The lowest BCUT2D eigenvalue weighted by Crippen LogP contribution is -2.55. The average molecular weight is 390 g/mol. The van der Waals surface area contributed by atoms with E-state index in [1.54, 1.807) is 24.3 Å². The summed E-state index contributed by atoms with van der Waals surface area (Å²) in [7, 11) is 0. The Morgan fingerprint density at radius 3 is 2.31 bits per heavy atom. The van der Waals surface area contributed by atoms with Crippen LogP contribution in [0.1, 0.15) is 16.7 Å². The molecule has 146 valence electrons. The van der Waals surface area contributed by atoms with Crippen molar-refractivity contribution in [2.24, 2.45) is 4.99 Å². The molecule has 2 aromatic carbocycles. The fraction of sp³-hybridized carbons (Fsp3) is 0.136. The summed E-state index contributed by atoms with van der Waals surface area (Å²) in [6.45, 7) is 0.0804. The third kappa shape index (κ3) is 3.06. The van der Waals surface area contributed by atoms with Crippen molar-refractivity contribution >= 4 is 17.7 Å². The summed E-state index contributed by atoms with van der Waals surface area (Å²) in [6, 6.07) is 15.9. The Labute approximate surface area is 166 Å². The Hall–Kier alpha value is -3.87. The SMILES string of the molecule is O=C(O)Cc1ccc(C2(c3ccccc3)CN=C3C=C(O)C=C(O)N3C2=O)cc1. The fourth-order valence-corrected chi connectivity index (χ4v) is 3.74. The van der Waals surface area contributed by atoms with Gasteiger partial charge in [0.25, 0.3) is 5.91 Å². The molecule has 0 aromatic heterocycles. The molecule has 2 heterocycles. The zero-order chi connectivity index (χ0) is 20.6. The molecule has 0 saturated heterocycles. The molecule has 29 heavy (non-hydrogen) atoms. The minimum absolute atomic E-state index is 0.0804. The van der Waals surface area contributed by atoms with Crippen molar-refractivity contribution in [2.75, 3.05) is 6.54 Å². The second kappa shape index (κ2) is 6.94. The molecule has 1 atom stereocenters. The first-order valence-corrected chi connectivity index (χ1v) is 8.99. The van der Waals surface area contributed by atoms with Gasteiger partial charge in [-0.2, -0.15) is 0 Å². The van der Waals surface area contributed by atoms with Crippen LogP contribution in [0.25, 0.3) is 0 Å². The summed E-state index contributed by atoms with van der Waals surface area (Å²) < 4.78 is 0. The summed E-state index contributed by atoms with van der Waals surface area (Å²) in [5.74, 6) is -1.76. The number of aliphatic hydroxyl groups excluding tert-OH is 2. The lowest BCUT2D eigenvalue weighted by molar-refractivity contribution is -0.136. The zero-order valence-corrected chi connectivity index (χ0v) is 15.3. The Morgan fingerprint density at radius 2 is 1.66 bits per heavy atom. The van der Waals surface area contributed by atoms with E-state index in [0.29, 0.717) is 16.7 Å². The van der Waals surface area contributed by atoms with E-state index < -0.39 is 23.2 Å². The summed E-state index contributed by atoms with van der Waals surface area (Å²) in [4.78, 5) is 30.2. The maximum Gasteiger partial charge on any atom is 0.307 e. The van der Waals surface area contributed by atoms with Gasteiger partial charge in [-0.3, -0.25) is 14.6 Å². The van der Waals surface area contributed by atoms with Crippen LogP contribution >= 0.6 is 0 Å². The molecule has 2 aliphatic heterocycles. The van der Waals surface area contributed by atoms with Gasteiger partial charge in [0.2, 0.25) is 5.88 Å². The van der Waals surface area contributed by atoms with Crippen LogP contribution in [0.2, 0.25) is 0 Å². The number of allylic oxidation sites excluding steroid dienone is 1. The molecular weight excluding hydrogens is 372 g/mol. The number of amidine groups is 1. The average Bonchev–Trinajstić information content (AvgIpc) is 2.69. The van der Waals surface area contributed by atoms with Crippen molar-refractivity contribution < 1.29 is 24.9 Å². The smallest absolute Gasteiger partial charge is 0.307 e. The molecule has 0 aliphatic carbocycles. The third-order valence-corrected chi connectivity index (χ3v) is 5.13. The number of carboxylic acid groups (broad SMARTS) is 1. The maximum absolute atomic E-state index is 13.7. The predicted molar refractivity (Wildman–Crippen MR) is 106 cm³/mol. The molecule has 7 heteroatoms. The molecule has 1 amide bonds. The van der Waals surface area contributed by atoms with Gasteiger partial charge in [-0.1, -0.05) is 54.6 Å². The van der Waals surface area contributed by atoms with E-state index in [1.807, 2.05) is 30.3 Å². The van der Waals surface area contributed by atoms with Crippen molar-refractivity contribution in [3.63, 3.8) is 0 Å². The Kier molecular flexibility index (Phi) is 4.43. The number of aliphatic imine (C=N–C) groups is 1. The lowest BCUT2D eigenvalue weighted by atomic mass is 9.72. The van der Waals surface area contributed by atoms with E-state index >= 15 is 0 Å².